The Hall–Kier alpha value is -1.06. The van der Waals surface area contributed by atoms with Crippen LogP contribution >= 0.6 is 0 Å². The molecule has 0 aliphatic rings. The van der Waals surface area contributed by atoms with Crippen molar-refractivity contribution in [2.24, 2.45) is 5.73 Å². The average Bonchev–Trinajstić information content (AvgIpc) is 2.33. The van der Waals surface area contributed by atoms with Gasteiger partial charge in [-0.15, -0.1) is 0 Å². The van der Waals surface area contributed by atoms with Crippen LogP contribution in [0, 0.1) is 6.92 Å². The topological polar surface area (TPSA) is 47.3 Å². The molecule has 0 amide bonds. The Morgan fingerprint density at radius 2 is 2.06 bits per heavy atom. The molecule has 0 aliphatic carbocycles. The molecule has 0 aliphatic heterocycles. The number of rotatable bonds is 7. The summed E-state index contributed by atoms with van der Waals surface area (Å²) in [5.41, 5.74) is 8.31. The van der Waals surface area contributed by atoms with Crippen molar-refractivity contribution >= 4 is 0 Å². The number of aryl methyl sites for hydroxylation is 1. The van der Waals surface area contributed by atoms with Gasteiger partial charge in [-0.1, -0.05) is 12.1 Å². The third-order valence-corrected chi connectivity index (χ3v) is 3.16. The van der Waals surface area contributed by atoms with Crippen LogP contribution in [0.2, 0.25) is 0 Å². The van der Waals surface area contributed by atoms with Gasteiger partial charge in [0, 0.05) is 12.1 Å². The van der Waals surface area contributed by atoms with Gasteiger partial charge < -0.3 is 15.8 Å². The van der Waals surface area contributed by atoms with Gasteiger partial charge in [-0.3, -0.25) is 0 Å². The summed E-state index contributed by atoms with van der Waals surface area (Å²) < 4.78 is 5.56. The van der Waals surface area contributed by atoms with Crippen LogP contribution in [0.15, 0.2) is 18.2 Å². The van der Waals surface area contributed by atoms with E-state index in [1.165, 1.54) is 11.1 Å². The Morgan fingerprint density at radius 3 is 2.56 bits per heavy atom. The van der Waals surface area contributed by atoms with Crippen LogP contribution in [0.5, 0.6) is 5.75 Å². The highest BCUT2D eigenvalue weighted by Gasteiger charge is 2.11. The largest absolute Gasteiger partial charge is 0.494 e. The van der Waals surface area contributed by atoms with Crippen molar-refractivity contribution in [3.05, 3.63) is 29.3 Å². The van der Waals surface area contributed by atoms with Crippen molar-refractivity contribution < 1.29 is 4.74 Å². The van der Waals surface area contributed by atoms with Gasteiger partial charge in [-0.2, -0.15) is 0 Å². The zero-order valence-electron chi connectivity index (χ0n) is 12.0. The predicted molar refractivity (Wildman–Crippen MR) is 77.0 cm³/mol. The van der Waals surface area contributed by atoms with E-state index >= 15 is 0 Å². The van der Waals surface area contributed by atoms with Crippen LogP contribution < -0.4 is 15.8 Å². The number of benzene rings is 1. The minimum absolute atomic E-state index is 0.254. The van der Waals surface area contributed by atoms with Gasteiger partial charge in [-0.25, -0.2) is 0 Å². The summed E-state index contributed by atoms with van der Waals surface area (Å²) in [6.45, 7) is 6.86. The molecule has 2 unspecified atom stereocenters. The quantitative estimate of drug-likeness (QED) is 0.782. The first-order chi connectivity index (χ1) is 8.58. The molecule has 1 aromatic carbocycles. The molecule has 1 aromatic rings. The summed E-state index contributed by atoms with van der Waals surface area (Å²) in [4.78, 5) is 0. The standard InChI is InChI=1S/C15H26N2O/c1-5-18-15-9-7-13(10-11(15)2)14(17-4)8-6-12(3)16/h7,9-10,12,14,17H,5-6,8,16H2,1-4H3. The van der Waals surface area contributed by atoms with Gasteiger partial charge >= 0.3 is 0 Å². The zero-order chi connectivity index (χ0) is 13.5. The van der Waals surface area contributed by atoms with Crippen molar-refractivity contribution in [2.75, 3.05) is 13.7 Å². The molecule has 1 rings (SSSR count). The molecule has 0 bridgehead atoms. The summed E-state index contributed by atoms with van der Waals surface area (Å²) in [6, 6.07) is 7.02. The Kier molecular flexibility index (Phi) is 6.16. The molecule has 0 saturated heterocycles. The summed E-state index contributed by atoms with van der Waals surface area (Å²) in [5.74, 6) is 0.975. The first kappa shape index (κ1) is 15.0. The molecule has 3 N–H and O–H groups in total. The minimum atomic E-state index is 0.254. The first-order valence-corrected chi connectivity index (χ1v) is 6.74. The lowest BCUT2D eigenvalue weighted by Crippen LogP contribution is -2.21. The molecule has 3 heteroatoms. The lowest BCUT2D eigenvalue weighted by Gasteiger charge is -2.19. The fourth-order valence-corrected chi connectivity index (χ4v) is 2.11. The Labute approximate surface area is 111 Å². The predicted octanol–water partition coefficient (Wildman–Crippen LogP) is 2.78. The van der Waals surface area contributed by atoms with E-state index in [1.54, 1.807) is 0 Å². The van der Waals surface area contributed by atoms with E-state index in [1.807, 2.05) is 14.0 Å². The Balaban J connectivity index is 2.77. The second-order valence-corrected chi connectivity index (χ2v) is 4.85. The van der Waals surface area contributed by atoms with Crippen molar-refractivity contribution in [3.63, 3.8) is 0 Å². The molecule has 0 fully saturated rings. The molecular formula is C15H26N2O. The van der Waals surface area contributed by atoms with Crippen molar-refractivity contribution in [1.29, 1.82) is 0 Å². The first-order valence-electron chi connectivity index (χ1n) is 6.74. The highest BCUT2D eigenvalue weighted by molar-refractivity contribution is 5.37. The van der Waals surface area contributed by atoms with E-state index in [0.29, 0.717) is 12.6 Å². The molecular weight excluding hydrogens is 224 g/mol. The van der Waals surface area contributed by atoms with Gasteiger partial charge in [0.2, 0.25) is 0 Å². The fraction of sp³-hybridized carbons (Fsp3) is 0.600. The highest BCUT2D eigenvalue weighted by atomic mass is 16.5. The second-order valence-electron chi connectivity index (χ2n) is 4.85. The van der Waals surface area contributed by atoms with Crippen LogP contribution in [-0.2, 0) is 0 Å². The number of nitrogens with one attached hydrogen (secondary N) is 1. The number of nitrogens with two attached hydrogens (primary N) is 1. The highest BCUT2D eigenvalue weighted by Crippen LogP contribution is 2.25. The smallest absolute Gasteiger partial charge is 0.122 e. The van der Waals surface area contributed by atoms with Gasteiger partial charge in [0.25, 0.3) is 0 Å². The average molecular weight is 250 g/mol. The van der Waals surface area contributed by atoms with Crippen LogP contribution in [0.3, 0.4) is 0 Å². The van der Waals surface area contributed by atoms with Gasteiger partial charge in [0.05, 0.1) is 6.61 Å². The molecule has 0 spiro atoms. The van der Waals surface area contributed by atoms with E-state index in [9.17, 15) is 0 Å². The number of hydrogen-bond donors (Lipinski definition) is 2. The van der Waals surface area contributed by atoms with Crippen LogP contribution in [0.25, 0.3) is 0 Å². The fourth-order valence-electron chi connectivity index (χ4n) is 2.11. The molecule has 2 atom stereocenters. The Morgan fingerprint density at radius 1 is 1.33 bits per heavy atom. The maximum absolute atomic E-state index is 5.82. The maximum atomic E-state index is 5.82. The summed E-state index contributed by atoms with van der Waals surface area (Å²) in [6.07, 6.45) is 2.08. The SMILES string of the molecule is CCOc1ccc(C(CCC(C)N)NC)cc1C. The van der Waals surface area contributed by atoms with E-state index < -0.39 is 0 Å². The van der Waals surface area contributed by atoms with Gasteiger partial charge in [0.15, 0.2) is 0 Å². The monoisotopic (exact) mass is 250 g/mol. The zero-order valence-corrected chi connectivity index (χ0v) is 12.0. The van der Waals surface area contributed by atoms with Crippen LogP contribution in [0.4, 0.5) is 0 Å². The van der Waals surface area contributed by atoms with Crippen molar-refractivity contribution in [2.45, 2.75) is 45.7 Å². The number of ether oxygens (including phenoxy) is 1. The second kappa shape index (κ2) is 7.39. The van der Waals surface area contributed by atoms with Crippen LogP contribution in [-0.4, -0.2) is 19.7 Å². The summed E-state index contributed by atoms with van der Waals surface area (Å²) in [5, 5.41) is 3.36. The van der Waals surface area contributed by atoms with Gasteiger partial charge in [-0.05, 0) is 57.9 Å². The van der Waals surface area contributed by atoms with E-state index in [0.717, 1.165) is 18.6 Å². The molecule has 3 nitrogen and oxygen atoms in total. The molecule has 18 heavy (non-hydrogen) atoms. The number of hydrogen-bond acceptors (Lipinski definition) is 3. The van der Waals surface area contributed by atoms with Crippen molar-refractivity contribution in [3.8, 4) is 5.75 Å². The minimum Gasteiger partial charge on any atom is -0.494 e. The molecule has 0 heterocycles. The Bertz CT molecular complexity index is 364. The van der Waals surface area contributed by atoms with E-state index in [-0.39, 0.29) is 6.04 Å². The molecule has 0 radical (unpaired) electrons. The van der Waals surface area contributed by atoms with Crippen LogP contribution in [0.1, 0.15) is 43.9 Å². The summed E-state index contributed by atoms with van der Waals surface area (Å²) >= 11 is 0. The summed E-state index contributed by atoms with van der Waals surface area (Å²) in [7, 11) is 2.00. The lowest BCUT2D eigenvalue weighted by atomic mass is 9.98. The molecule has 0 saturated carbocycles. The maximum Gasteiger partial charge on any atom is 0.122 e. The van der Waals surface area contributed by atoms with Gasteiger partial charge in [0.1, 0.15) is 5.75 Å². The van der Waals surface area contributed by atoms with E-state index in [4.69, 9.17) is 10.5 Å². The molecule has 102 valence electrons. The third-order valence-electron chi connectivity index (χ3n) is 3.16. The molecule has 0 aromatic heterocycles. The third kappa shape index (κ3) is 4.31. The lowest BCUT2D eigenvalue weighted by molar-refractivity contribution is 0.337. The van der Waals surface area contributed by atoms with Crippen molar-refractivity contribution in [1.82, 2.24) is 5.32 Å². The normalized spacial score (nSPS) is 14.3. The van der Waals surface area contributed by atoms with E-state index in [2.05, 4.69) is 37.4 Å².